The maximum Gasteiger partial charge on any atom is 0.178 e. The standard InChI is InChI=1S/C8H12N.BrH/c1-3-9-7-5-4-6-8(9)2;/h4-7H,3H2,1-2H3;1H/q+1;/p-1. The van der Waals surface area contributed by atoms with E-state index in [0.717, 1.165) is 6.54 Å². The van der Waals surface area contributed by atoms with Crippen LogP contribution in [0.1, 0.15) is 12.6 Å². The molecule has 1 aromatic rings. The van der Waals surface area contributed by atoms with E-state index < -0.39 is 0 Å². The van der Waals surface area contributed by atoms with E-state index in [1.165, 1.54) is 5.69 Å². The summed E-state index contributed by atoms with van der Waals surface area (Å²) in [6, 6.07) is 6.22. The predicted octanol–water partition coefficient (Wildman–Crippen LogP) is -1.69. The van der Waals surface area contributed by atoms with Gasteiger partial charge in [0.05, 0.1) is 0 Å². The molecule has 0 radical (unpaired) electrons. The second-order valence-electron chi connectivity index (χ2n) is 2.13. The molecule has 0 saturated heterocycles. The smallest absolute Gasteiger partial charge is 0.178 e. The molecule has 0 spiro atoms. The molecule has 0 aliphatic heterocycles. The van der Waals surface area contributed by atoms with Gasteiger partial charge in [0.1, 0.15) is 6.54 Å². The molecule has 1 nitrogen and oxygen atoms in total. The van der Waals surface area contributed by atoms with Crippen LogP contribution >= 0.6 is 0 Å². The number of rotatable bonds is 1. The zero-order valence-electron chi connectivity index (χ0n) is 6.34. The number of nitrogens with zero attached hydrogens (tertiary/aromatic N) is 1. The minimum Gasteiger partial charge on any atom is -1.00 e. The van der Waals surface area contributed by atoms with Gasteiger partial charge < -0.3 is 17.0 Å². The highest BCUT2D eigenvalue weighted by molar-refractivity contribution is 4.93. The molecule has 0 aliphatic carbocycles. The van der Waals surface area contributed by atoms with Gasteiger partial charge in [0, 0.05) is 19.1 Å². The van der Waals surface area contributed by atoms with Gasteiger partial charge in [0.2, 0.25) is 0 Å². The molecule has 56 valence electrons. The Morgan fingerprint density at radius 3 is 2.50 bits per heavy atom. The summed E-state index contributed by atoms with van der Waals surface area (Å²) in [5.41, 5.74) is 1.32. The average molecular weight is 202 g/mol. The van der Waals surface area contributed by atoms with Crippen LogP contribution < -0.4 is 21.5 Å². The van der Waals surface area contributed by atoms with Crippen molar-refractivity contribution < 1.29 is 21.5 Å². The number of halogens is 1. The summed E-state index contributed by atoms with van der Waals surface area (Å²) in [7, 11) is 0. The lowest BCUT2D eigenvalue weighted by Gasteiger charge is -1.92. The molecule has 0 saturated carbocycles. The lowest BCUT2D eigenvalue weighted by molar-refractivity contribution is -0.699. The second kappa shape index (κ2) is 4.45. The molecule has 1 heterocycles. The quantitative estimate of drug-likeness (QED) is 0.478. The summed E-state index contributed by atoms with van der Waals surface area (Å²) in [4.78, 5) is 0. The van der Waals surface area contributed by atoms with E-state index in [2.05, 4.69) is 42.8 Å². The summed E-state index contributed by atoms with van der Waals surface area (Å²) < 4.78 is 2.21. The number of pyridine rings is 1. The number of hydrogen-bond donors (Lipinski definition) is 0. The molecular formula is C8H12BrN. The fraction of sp³-hybridized carbons (Fsp3) is 0.375. The topological polar surface area (TPSA) is 3.88 Å². The molecule has 0 aromatic carbocycles. The van der Waals surface area contributed by atoms with Crippen molar-refractivity contribution in [1.82, 2.24) is 0 Å². The molecule has 1 aromatic heterocycles. The third-order valence-corrected chi connectivity index (χ3v) is 1.51. The molecule has 1 rings (SSSR count). The highest BCUT2D eigenvalue weighted by Gasteiger charge is 1.96. The molecule has 2 heteroatoms. The molecule has 0 atom stereocenters. The van der Waals surface area contributed by atoms with E-state index in [1.54, 1.807) is 0 Å². The SMILES string of the molecule is CC[n+]1ccccc1C.[Br-]. The van der Waals surface area contributed by atoms with E-state index in [0.29, 0.717) is 0 Å². The van der Waals surface area contributed by atoms with Crippen molar-refractivity contribution >= 4 is 0 Å². The minimum atomic E-state index is 0. The van der Waals surface area contributed by atoms with Gasteiger partial charge >= 0.3 is 0 Å². The minimum absolute atomic E-state index is 0. The van der Waals surface area contributed by atoms with Crippen molar-refractivity contribution in [3.8, 4) is 0 Å². The molecule has 0 bridgehead atoms. The van der Waals surface area contributed by atoms with Crippen LogP contribution in [0.25, 0.3) is 0 Å². The van der Waals surface area contributed by atoms with Gasteiger partial charge in [-0.3, -0.25) is 0 Å². The number of aryl methyl sites for hydroxylation is 2. The lowest BCUT2D eigenvalue weighted by Crippen LogP contribution is -3.00. The van der Waals surface area contributed by atoms with Gasteiger partial charge in [-0.05, 0) is 6.92 Å². The Hall–Kier alpha value is -0.370. The van der Waals surface area contributed by atoms with Crippen LogP contribution in [0.2, 0.25) is 0 Å². The zero-order valence-corrected chi connectivity index (χ0v) is 7.93. The van der Waals surface area contributed by atoms with E-state index in [9.17, 15) is 0 Å². The van der Waals surface area contributed by atoms with E-state index in [-0.39, 0.29) is 17.0 Å². The molecule has 0 amide bonds. The van der Waals surface area contributed by atoms with Crippen LogP contribution in [-0.2, 0) is 6.54 Å². The molecule has 0 fully saturated rings. The molecule has 0 N–H and O–H groups in total. The van der Waals surface area contributed by atoms with Crippen molar-refractivity contribution in [3.63, 3.8) is 0 Å². The second-order valence-corrected chi connectivity index (χ2v) is 2.13. The van der Waals surface area contributed by atoms with Gasteiger partial charge in [0.25, 0.3) is 0 Å². The van der Waals surface area contributed by atoms with Crippen molar-refractivity contribution in [3.05, 3.63) is 30.1 Å². The van der Waals surface area contributed by atoms with E-state index in [1.807, 2.05) is 0 Å². The van der Waals surface area contributed by atoms with Crippen LogP contribution in [0.3, 0.4) is 0 Å². The first kappa shape index (κ1) is 9.63. The Morgan fingerprint density at radius 1 is 1.40 bits per heavy atom. The van der Waals surface area contributed by atoms with Gasteiger partial charge in [0.15, 0.2) is 11.9 Å². The summed E-state index contributed by atoms with van der Waals surface area (Å²) in [6.45, 7) is 5.32. The Kier molecular flexibility index (Phi) is 4.28. The Balaban J connectivity index is 0.000000810. The monoisotopic (exact) mass is 201 g/mol. The van der Waals surface area contributed by atoms with Crippen LogP contribution in [0.15, 0.2) is 24.4 Å². The van der Waals surface area contributed by atoms with Gasteiger partial charge in [-0.15, -0.1) is 0 Å². The number of aromatic nitrogens is 1. The van der Waals surface area contributed by atoms with Crippen LogP contribution in [0.4, 0.5) is 0 Å². The maximum absolute atomic E-state index is 2.21. The molecule has 10 heavy (non-hydrogen) atoms. The summed E-state index contributed by atoms with van der Waals surface area (Å²) in [5.74, 6) is 0. The highest BCUT2D eigenvalue weighted by Crippen LogP contribution is 1.85. The Labute approximate surface area is 72.5 Å². The van der Waals surface area contributed by atoms with Gasteiger partial charge in [-0.1, -0.05) is 6.07 Å². The van der Waals surface area contributed by atoms with Gasteiger partial charge in [-0.25, -0.2) is 4.57 Å². The van der Waals surface area contributed by atoms with Crippen molar-refractivity contribution in [2.45, 2.75) is 20.4 Å². The molecular weight excluding hydrogens is 190 g/mol. The fourth-order valence-corrected chi connectivity index (χ4v) is 0.917. The molecule has 0 unspecified atom stereocenters. The van der Waals surface area contributed by atoms with E-state index in [4.69, 9.17) is 0 Å². The number of hydrogen-bond acceptors (Lipinski definition) is 0. The fourth-order valence-electron chi connectivity index (χ4n) is 0.917. The third kappa shape index (κ3) is 2.10. The molecule has 0 aliphatic rings. The van der Waals surface area contributed by atoms with Crippen LogP contribution in [-0.4, -0.2) is 0 Å². The van der Waals surface area contributed by atoms with Gasteiger partial charge in [-0.2, -0.15) is 0 Å². The summed E-state index contributed by atoms with van der Waals surface area (Å²) in [6.07, 6.45) is 2.09. The third-order valence-electron chi connectivity index (χ3n) is 1.51. The first-order valence-electron chi connectivity index (χ1n) is 3.29. The Bertz CT molecular complexity index is 198. The lowest BCUT2D eigenvalue weighted by atomic mass is 10.4. The summed E-state index contributed by atoms with van der Waals surface area (Å²) >= 11 is 0. The van der Waals surface area contributed by atoms with Crippen molar-refractivity contribution in [1.29, 1.82) is 0 Å². The van der Waals surface area contributed by atoms with Crippen LogP contribution in [0.5, 0.6) is 0 Å². The highest BCUT2D eigenvalue weighted by atomic mass is 79.9. The first-order chi connectivity index (χ1) is 4.34. The average Bonchev–Trinajstić information content (AvgIpc) is 1.89. The maximum atomic E-state index is 2.21. The van der Waals surface area contributed by atoms with E-state index >= 15 is 0 Å². The van der Waals surface area contributed by atoms with Crippen molar-refractivity contribution in [2.75, 3.05) is 0 Å². The van der Waals surface area contributed by atoms with Crippen LogP contribution in [0, 0.1) is 6.92 Å². The first-order valence-corrected chi connectivity index (χ1v) is 3.29. The Morgan fingerprint density at radius 2 is 2.10 bits per heavy atom. The predicted molar refractivity (Wildman–Crippen MR) is 37.0 cm³/mol. The largest absolute Gasteiger partial charge is 1.00 e. The summed E-state index contributed by atoms with van der Waals surface area (Å²) in [5, 5.41) is 0. The zero-order chi connectivity index (χ0) is 6.69. The van der Waals surface area contributed by atoms with Crippen molar-refractivity contribution in [2.24, 2.45) is 0 Å². The normalized spacial score (nSPS) is 8.60.